The maximum Gasteiger partial charge on any atom is 0.389 e. The first-order valence-electron chi connectivity index (χ1n) is 6.08. The second-order valence-electron chi connectivity index (χ2n) is 4.61. The van der Waals surface area contributed by atoms with Crippen LogP contribution in [0.3, 0.4) is 0 Å². The van der Waals surface area contributed by atoms with Gasteiger partial charge < -0.3 is 4.52 Å². The maximum absolute atomic E-state index is 5.60. The Morgan fingerprint density at radius 3 is 2.53 bits per heavy atom. The van der Waals surface area contributed by atoms with Crippen LogP contribution in [0.1, 0.15) is 5.76 Å². The monoisotopic (exact) mass is 255 g/mol. The van der Waals surface area contributed by atoms with Crippen LogP contribution in [0.5, 0.6) is 0 Å². The molecule has 0 bridgehead atoms. The van der Waals surface area contributed by atoms with E-state index in [2.05, 4.69) is 9.97 Å². The van der Waals surface area contributed by atoms with Crippen LogP contribution >= 0.6 is 0 Å². The minimum absolute atomic E-state index is 0.699. The van der Waals surface area contributed by atoms with E-state index in [4.69, 9.17) is 4.52 Å². The quantitative estimate of drug-likeness (QED) is 0.656. The Balaban J connectivity index is 2.27. The minimum atomic E-state index is 0.699. The lowest BCUT2D eigenvalue weighted by molar-refractivity contribution is -0.710. The highest BCUT2D eigenvalue weighted by Crippen LogP contribution is 2.17. The topological polar surface area (TPSA) is 46.3 Å². The number of aromatic nitrogens is 3. The van der Waals surface area contributed by atoms with Gasteiger partial charge in [0.2, 0.25) is 0 Å². The lowest BCUT2D eigenvalue weighted by Crippen LogP contribution is -2.31. The van der Waals surface area contributed by atoms with Gasteiger partial charge in [0, 0.05) is 19.7 Å². The van der Waals surface area contributed by atoms with Gasteiger partial charge in [0.05, 0.1) is 6.07 Å². The summed E-state index contributed by atoms with van der Waals surface area (Å²) < 4.78 is 7.24. The molecule has 3 rings (SSSR count). The third-order valence-electron chi connectivity index (χ3n) is 2.82. The van der Waals surface area contributed by atoms with Gasteiger partial charge in [-0.2, -0.15) is 0 Å². The molecule has 0 radical (unpaired) electrons. The molecule has 0 fully saturated rings. The maximum atomic E-state index is 5.60. The molecule has 0 aliphatic rings. The smallest absolute Gasteiger partial charge is 0.333 e. The fourth-order valence-corrected chi connectivity index (χ4v) is 1.95. The normalized spacial score (nSPS) is 10.9. The molecule has 5 heteroatoms. The van der Waals surface area contributed by atoms with Crippen molar-refractivity contribution in [2.45, 2.75) is 6.92 Å². The number of hydrogen-bond acceptors (Lipinski definition) is 4. The van der Waals surface area contributed by atoms with Crippen LogP contribution in [0, 0.1) is 6.92 Å². The summed E-state index contributed by atoms with van der Waals surface area (Å²) >= 11 is 0. The first-order valence-corrected chi connectivity index (χ1v) is 6.08. The molecule has 0 saturated heterocycles. The zero-order chi connectivity index (χ0) is 13.4. The lowest BCUT2D eigenvalue weighted by Gasteiger charge is -2.04. The molecule has 2 heterocycles. The highest BCUT2D eigenvalue weighted by Gasteiger charge is 2.21. The van der Waals surface area contributed by atoms with E-state index in [0.29, 0.717) is 5.82 Å². The Labute approximate surface area is 111 Å². The van der Waals surface area contributed by atoms with E-state index >= 15 is 0 Å². The Morgan fingerprint density at radius 2 is 1.84 bits per heavy atom. The average molecular weight is 255 g/mol. The predicted octanol–water partition coefficient (Wildman–Crippen LogP) is 1.85. The van der Waals surface area contributed by atoms with Gasteiger partial charge in [-0.25, -0.2) is 0 Å². The third kappa shape index (κ3) is 2.03. The van der Waals surface area contributed by atoms with Gasteiger partial charge in [-0.15, -0.1) is 0 Å². The van der Waals surface area contributed by atoms with Crippen molar-refractivity contribution in [1.29, 1.82) is 0 Å². The molecular weight excluding hydrogens is 240 g/mol. The lowest BCUT2D eigenvalue weighted by atomic mass is 10.2. The van der Waals surface area contributed by atoms with E-state index < -0.39 is 0 Å². The Bertz CT molecular complexity index is 719. The fourth-order valence-electron chi connectivity index (χ4n) is 1.95. The standard InChI is InChI=1S/C14H15N4O/c1-10-9-12-15-13(11-7-5-4-6-8-11)16-14(17(2)3)18(12)19-10/h4-9H,1-3H3/q+1. The van der Waals surface area contributed by atoms with Gasteiger partial charge in [0.25, 0.3) is 11.5 Å². The summed E-state index contributed by atoms with van der Waals surface area (Å²) in [4.78, 5) is 11.0. The average Bonchev–Trinajstić information content (AvgIpc) is 2.78. The highest BCUT2D eigenvalue weighted by atomic mass is 16.5. The number of benzene rings is 1. The molecular formula is C14H15N4O+. The number of fused-ring (bicyclic) bond motifs is 1. The molecule has 5 nitrogen and oxygen atoms in total. The van der Waals surface area contributed by atoms with Crippen LogP contribution in [0.15, 0.2) is 40.9 Å². The summed E-state index contributed by atoms with van der Waals surface area (Å²) in [5.74, 6) is 2.23. The Morgan fingerprint density at radius 1 is 1.11 bits per heavy atom. The van der Waals surface area contributed by atoms with Crippen molar-refractivity contribution in [1.82, 2.24) is 9.97 Å². The van der Waals surface area contributed by atoms with Crippen LogP contribution in [0.4, 0.5) is 5.95 Å². The predicted molar refractivity (Wildman–Crippen MR) is 72.0 cm³/mol. The van der Waals surface area contributed by atoms with Crippen LogP contribution < -0.4 is 9.47 Å². The van der Waals surface area contributed by atoms with Crippen LogP contribution in [-0.4, -0.2) is 24.1 Å². The molecule has 3 aromatic rings. The summed E-state index contributed by atoms with van der Waals surface area (Å²) in [6.07, 6.45) is 0. The molecule has 19 heavy (non-hydrogen) atoms. The summed E-state index contributed by atoms with van der Waals surface area (Å²) in [6.45, 7) is 1.90. The van der Waals surface area contributed by atoms with Gasteiger partial charge in [-0.1, -0.05) is 28.2 Å². The summed E-state index contributed by atoms with van der Waals surface area (Å²) in [7, 11) is 3.86. The van der Waals surface area contributed by atoms with Gasteiger partial charge in [0.15, 0.2) is 0 Å². The van der Waals surface area contributed by atoms with E-state index in [1.165, 1.54) is 0 Å². The molecule has 0 amide bonds. The van der Waals surface area contributed by atoms with Crippen molar-refractivity contribution in [3.63, 3.8) is 0 Å². The van der Waals surface area contributed by atoms with Crippen molar-refractivity contribution in [2.75, 3.05) is 19.0 Å². The molecule has 0 saturated carbocycles. The first kappa shape index (κ1) is 11.6. The molecule has 0 aliphatic heterocycles. The molecule has 0 aliphatic carbocycles. The van der Waals surface area contributed by atoms with Crippen molar-refractivity contribution >= 4 is 11.6 Å². The van der Waals surface area contributed by atoms with Gasteiger partial charge in [0.1, 0.15) is 5.76 Å². The van der Waals surface area contributed by atoms with Crippen LogP contribution in [-0.2, 0) is 0 Å². The van der Waals surface area contributed by atoms with E-state index in [-0.39, 0.29) is 0 Å². The van der Waals surface area contributed by atoms with Gasteiger partial charge in [-0.05, 0) is 23.6 Å². The summed E-state index contributed by atoms with van der Waals surface area (Å²) in [5, 5.41) is 0. The number of nitrogens with zero attached hydrogens (tertiary/aromatic N) is 4. The molecule has 0 spiro atoms. The van der Waals surface area contributed by atoms with E-state index in [0.717, 1.165) is 22.9 Å². The second-order valence-corrected chi connectivity index (χ2v) is 4.61. The fraction of sp³-hybridized carbons (Fsp3) is 0.214. The number of anilines is 1. The first-order chi connectivity index (χ1) is 9.15. The number of rotatable bonds is 2. The third-order valence-corrected chi connectivity index (χ3v) is 2.82. The molecule has 2 aromatic heterocycles. The van der Waals surface area contributed by atoms with E-state index in [9.17, 15) is 0 Å². The van der Waals surface area contributed by atoms with Crippen molar-refractivity contribution in [3.05, 3.63) is 42.2 Å². The zero-order valence-corrected chi connectivity index (χ0v) is 11.2. The summed E-state index contributed by atoms with van der Waals surface area (Å²) in [5.41, 5.74) is 1.75. The summed E-state index contributed by atoms with van der Waals surface area (Å²) in [6, 6.07) is 11.8. The van der Waals surface area contributed by atoms with Gasteiger partial charge in [-0.3, -0.25) is 4.90 Å². The van der Waals surface area contributed by atoms with Crippen LogP contribution in [0.25, 0.3) is 17.0 Å². The number of aryl methyl sites for hydroxylation is 1. The van der Waals surface area contributed by atoms with Crippen LogP contribution in [0.2, 0.25) is 0 Å². The molecule has 0 unspecified atom stereocenters. The largest absolute Gasteiger partial charge is 0.389 e. The molecule has 96 valence electrons. The van der Waals surface area contributed by atoms with Crippen molar-refractivity contribution in [2.24, 2.45) is 0 Å². The highest BCUT2D eigenvalue weighted by molar-refractivity contribution is 5.57. The number of hydrogen-bond donors (Lipinski definition) is 0. The molecule has 0 atom stereocenters. The van der Waals surface area contributed by atoms with Crippen molar-refractivity contribution in [3.8, 4) is 11.4 Å². The zero-order valence-electron chi connectivity index (χ0n) is 11.2. The minimum Gasteiger partial charge on any atom is -0.333 e. The second kappa shape index (κ2) is 4.35. The van der Waals surface area contributed by atoms with E-state index in [1.807, 2.05) is 62.3 Å². The van der Waals surface area contributed by atoms with E-state index in [1.54, 1.807) is 4.57 Å². The molecule has 0 N–H and O–H groups in total. The SMILES string of the molecule is Cc1cc2nc(-c3ccccc3)nc(N(C)C)[n+]2o1. The Hall–Kier alpha value is -2.43. The Kier molecular flexibility index (Phi) is 2.67. The van der Waals surface area contributed by atoms with Crippen molar-refractivity contribution < 1.29 is 9.10 Å². The molecule has 1 aromatic carbocycles. The van der Waals surface area contributed by atoms with Gasteiger partial charge >= 0.3 is 5.95 Å².